The summed E-state index contributed by atoms with van der Waals surface area (Å²) in [6.07, 6.45) is 6.27. The van der Waals surface area contributed by atoms with Crippen LogP contribution in [-0.4, -0.2) is 43.2 Å². The van der Waals surface area contributed by atoms with E-state index in [0.717, 1.165) is 12.1 Å². The fraction of sp³-hybridized carbons (Fsp3) is 0.409. The molecule has 6 nitrogen and oxygen atoms in total. The average Bonchev–Trinajstić information content (AvgIpc) is 3.16. The lowest BCUT2D eigenvalue weighted by Gasteiger charge is -2.30. The van der Waals surface area contributed by atoms with Crippen LogP contribution in [0.25, 0.3) is 6.08 Å². The molecule has 1 heterocycles. The van der Waals surface area contributed by atoms with Gasteiger partial charge in [-0.05, 0) is 52.0 Å². The molecule has 152 valence electrons. The largest absolute Gasteiger partial charge is 0.493 e. The van der Waals surface area contributed by atoms with Crippen LogP contribution >= 0.6 is 0 Å². The maximum absolute atomic E-state index is 12.1. The third kappa shape index (κ3) is 6.46. The minimum Gasteiger partial charge on any atom is -0.493 e. The summed E-state index contributed by atoms with van der Waals surface area (Å²) in [6.45, 7) is 10.0. The summed E-state index contributed by atoms with van der Waals surface area (Å²) in [6, 6.07) is 8.01. The van der Waals surface area contributed by atoms with Crippen molar-refractivity contribution >= 4 is 17.7 Å². The van der Waals surface area contributed by atoms with E-state index in [2.05, 4.69) is 37.9 Å². The van der Waals surface area contributed by atoms with E-state index in [1.165, 1.54) is 6.08 Å². The second-order valence-corrected chi connectivity index (χ2v) is 7.02. The lowest BCUT2D eigenvalue weighted by atomic mass is 10.2. The number of anilines is 1. The molecule has 0 aliphatic heterocycles. The van der Waals surface area contributed by atoms with Gasteiger partial charge in [-0.3, -0.25) is 9.69 Å². The van der Waals surface area contributed by atoms with E-state index >= 15 is 0 Å². The number of carbonyl (C=O) groups excluding carboxylic acids is 1. The zero-order valence-corrected chi connectivity index (χ0v) is 17.3. The number of nitrogens with one attached hydrogen (secondary N) is 1. The molecule has 6 heteroatoms. The maximum atomic E-state index is 12.1. The highest BCUT2D eigenvalue weighted by molar-refractivity contribution is 6.02. The number of nitrogens with zero attached hydrogens (tertiary/aromatic N) is 1. The van der Waals surface area contributed by atoms with Crippen molar-refractivity contribution in [1.29, 1.82) is 0 Å². The molecule has 2 rings (SSSR count). The van der Waals surface area contributed by atoms with Crippen molar-refractivity contribution in [2.75, 3.05) is 25.6 Å². The topological polar surface area (TPSA) is 63.9 Å². The highest BCUT2D eigenvalue weighted by Gasteiger charge is 2.14. The molecule has 1 N–H and O–H groups in total. The smallest absolute Gasteiger partial charge is 0.248 e. The summed E-state index contributed by atoms with van der Waals surface area (Å²) in [5.74, 6) is 1.00. The van der Waals surface area contributed by atoms with E-state index in [4.69, 9.17) is 13.9 Å². The number of hydrogen-bond donors (Lipinski definition) is 1. The van der Waals surface area contributed by atoms with Gasteiger partial charge in [-0.2, -0.15) is 0 Å². The maximum Gasteiger partial charge on any atom is 0.248 e. The highest BCUT2D eigenvalue weighted by Crippen LogP contribution is 2.30. The van der Waals surface area contributed by atoms with Crippen molar-refractivity contribution in [1.82, 2.24) is 4.90 Å². The van der Waals surface area contributed by atoms with Gasteiger partial charge < -0.3 is 19.2 Å². The van der Waals surface area contributed by atoms with Gasteiger partial charge in [-0.1, -0.05) is 0 Å². The zero-order valence-electron chi connectivity index (χ0n) is 17.3. The molecule has 1 aromatic carbocycles. The molecule has 0 saturated carbocycles. The zero-order chi connectivity index (χ0) is 20.5. The Morgan fingerprint density at radius 3 is 2.54 bits per heavy atom. The number of rotatable bonds is 10. The van der Waals surface area contributed by atoms with Gasteiger partial charge in [0.2, 0.25) is 5.91 Å². The first kappa shape index (κ1) is 21.6. The molecule has 1 aromatic heterocycles. The molecule has 0 atom stereocenters. The average molecular weight is 386 g/mol. The Balaban J connectivity index is 1.99. The molecular formula is C22H30N2O4. The Labute approximate surface area is 167 Å². The lowest BCUT2D eigenvalue weighted by Crippen LogP contribution is -2.39. The summed E-state index contributed by atoms with van der Waals surface area (Å²) in [5.41, 5.74) is 1.47. The van der Waals surface area contributed by atoms with Crippen LogP contribution in [-0.2, 0) is 4.79 Å². The molecule has 0 fully saturated rings. The first-order chi connectivity index (χ1) is 13.4. The van der Waals surface area contributed by atoms with Gasteiger partial charge in [0.05, 0.1) is 19.6 Å². The highest BCUT2D eigenvalue weighted by atomic mass is 16.5. The molecule has 0 saturated heterocycles. The Bertz CT molecular complexity index is 759. The molecular weight excluding hydrogens is 356 g/mol. The van der Waals surface area contributed by atoms with Gasteiger partial charge >= 0.3 is 0 Å². The van der Waals surface area contributed by atoms with Crippen LogP contribution in [0, 0.1) is 0 Å². The number of methoxy groups -OCH3 is 1. The fourth-order valence-electron chi connectivity index (χ4n) is 2.97. The SMILES string of the molecule is COc1ccc(NC(=O)/C=C/c2ccoc2)cc1OCCN(C(C)C)C(C)C. The van der Waals surface area contributed by atoms with Crippen LogP contribution in [0.3, 0.4) is 0 Å². The third-order valence-electron chi connectivity index (χ3n) is 4.34. The summed E-state index contributed by atoms with van der Waals surface area (Å²) in [4.78, 5) is 14.5. The quantitative estimate of drug-likeness (QED) is 0.612. The number of benzene rings is 1. The standard InChI is InChI=1S/C22H30N2O4/c1-16(2)24(17(3)4)11-13-28-21-14-19(7-8-20(21)26-5)23-22(25)9-6-18-10-12-27-15-18/h6-10,12,14-17H,11,13H2,1-5H3,(H,23,25)/b9-6+. The molecule has 28 heavy (non-hydrogen) atoms. The first-order valence-electron chi connectivity index (χ1n) is 9.48. The molecule has 0 spiro atoms. The summed E-state index contributed by atoms with van der Waals surface area (Å²) in [5, 5.41) is 2.83. The van der Waals surface area contributed by atoms with Gasteiger partial charge in [0, 0.05) is 42.0 Å². The number of carbonyl (C=O) groups is 1. The monoisotopic (exact) mass is 386 g/mol. The number of furan rings is 1. The summed E-state index contributed by atoms with van der Waals surface area (Å²) in [7, 11) is 1.60. The predicted octanol–water partition coefficient (Wildman–Crippen LogP) is 4.44. The van der Waals surface area contributed by atoms with Crippen LogP contribution < -0.4 is 14.8 Å². The third-order valence-corrected chi connectivity index (χ3v) is 4.34. The summed E-state index contributed by atoms with van der Waals surface area (Å²) < 4.78 is 16.3. The van der Waals surface area contributed by atoms with Crippen LogP contribution in [0.4, 0.5) is 5.69 Å². The molecule has 0 aliphatic carbocycles. The summed E-state index contributed by atoms with van der Waals surface area (Å²) >= 11 is 0. The number of amides is 1. The van der Waals surface area contributed by atoms with E-state index in [1.807, 2.05) is 0 Å². The van der Waals surface area contributed by atoms with Crippen LogP contribution in [0.2, 0.25) is 0 Å². The van der Waals surface area contributed by atoms with Gasteiger partial charge in [0.25, 0.3) is 0 Å². The van der Waals surface area contributed by atoms with E-state index in [9.17, 15) is 4.79 Å². The van der Waals surface area contributed by atoms with Gasteiger partial charge in [-0.25, -0.2) is 0 Å². The van der Waals surface area contributed by atoms with Gasteiger partial charge in [0.1, 0.15) is 6.61 Å². The van der Waals surface area contributed by atoms with Crippen molar-refractivity contribution in [3.63, 3.8) is 0 Å². The molecule has 0 aliphatic rings. The van der Waals surface area contributed by atoms with E-state index in [-0.39, 0.29) is 5.91 Å². The van der Waals surface area contributed by atoms with Gasteiger partial charge in [-0.15, -0.1) is 0 Å². The molecule has 1 amide bonds. The number of ether oxygens (including phenoxy) is 2. The lowest BCUT2D eigenvalue weighted by molar-refractivity contribution is -0.111. The second-order valence-electron chi connectivity index (χ2n) is 7.02. The van der Waals surface area contributed by atoms with E-state index < -0.39 is 0 Å². The molecule has 0 radical (unpaired) electrons. The van der Waals surface area contributed by atoms with Crippen molar-refractivity contribution < 1.29 is 18.7 Å². The first-order valence-corrected chi connectivity index (χ1v) is 9.48. The second kappa shape index (κ2) is 10.6. The Morgan fingerprint density at radius 2 is 1.93 bits per heavy atom. The Kier molecular flexibility index (Phi) is 8.14. The Morgan fingerprint density at radius 1 is 1.18 bits per heavy atom. The minimum atomic E-state index is -0.233. The molecule has 0 unspecified atom stereocenters. The predicted molar refractivity (Wildman–Crippen MR) is 112 cm³/mol. The molecule has 2 aromatic rings. The van der Waals surface area contributed by atoms with E-state index in [1.54, 1.807) is 50.0 Å². The van der Waals surface area contributed by atoms with Crippen molar-refractivity contribution in [2.45, 2.75) is 39.8 Å². The van der Waals surface area contributed by atoms with E-state index in [0.29, 0.717) is 35.9 Å². The van der Waals surface area contributed by atoms with Crippen molar-refractivity contribution in [3.8, 4) is 11.5 Å². The van der Waals surface area contributed by atoms with Crippen molar-refractivity contribution in [3.05, 3.63) is 48.4 Å². The van der Waals surface area contributed by atoms with Crippen LogP contribution in [0.5, 0.6) is 11.5 Å². The normalized spacial score (nSPS) is 11.6. The molecule has 0 bridgehead atoms. The Hall–Kier alpha value is -2.73. The van der Waals surface area contributed by atoms with Crippen LogP contribution in [0.1, 0.15) is 33.3 Å². The number of hydrogen-bond acceptors (Lipinski definition) is 5. The van der Waals surface area contributed by atoms with Crippen molar-refractivity contribution in [2.24, 2.45) is 0 Å². The van der Waals surface area contributed by atoms with Crippen LogP contribution in [0.15, 0.2) is 47.3 Å². The minimum absolute atomic E-state index is 0.233. The van der Waals surface area contributed by atoms with Gasteiger partial charge in [0.15, 0.2) is 11.5 Å². The fourth-order valence-corrected chi connectivity index (χ4v) is 2.97.